The summed E-state index contributed by atoms with van der Waals surface area (Å²) in [5, 5.41) is 19.5. The number of hydrogen-bond acceptors (Lipinski definition) is 6. The van der Waals surface area contributed by atoms with Gasteiger partial charge < -0.3 is 10.4 Å². The molecule has 0 unspecified atom stereocenters. The lowest BCUT2D eigenvalue weighted by molar-refractivity contribution is 0.322. The molecule has 7 heteroatoms. The molecule has 0 spiro atoms. The third-order valence-corrected chi connectivity index (χ3v) is 3.65. The summed E-state index contributed by atoms with van der Waals surface area (Å²) in [6, 6.07) is 7.91. The van der Waals surface area contributed by atoms with E-state index in [1.54, 1.807) is 24.2 Å². The zero-order chi connectivity index (χ0) is 13.8. The highest BCUT2D eigenvalue weighted by Crippen LogP contribution is 2.21. The highest BCUT2D eigenvalue weighted by molar-refractivity contribution is 7.99. The van der Waals surface area contributed by atoms with Gasteiger partial charge in [0.1, 0.15) is 0 Å². The lowest BCUT2D eigenvalue weighted by atomic mass is 10.3. The Balaban J connectivity index is 1.73. The first kappa shape index (κ1) is 12.9. The molecule has 0 aliphatic rings. The van der Waals surface area contributed by atoms with E-state index in [4.69, 9.17) is 5.11 Å². The Bertz CT molecular complexity index is 697. The highest BCUT2D eigenvalue weighted by Gasteiger charge is 2.02. The van der Waals surface area contributed by atoms with E-state index in [2.05, 4.69) is 25.5 Å². The largest absolute Gasteiger partial charge is 0.396 e. The van der Waals surface area contributed by atoms with Crippen LogP contribution in [0.1, 0.15) is 0 Å². The van der Waals surface area contributed by atoms with E-state index in [-0.39, 0.29) is 6.61 Å². The Morgan fingerprint density at radius 1 is 1.20 bits per heavy atom. The van der Waals surface area contributed by atoms with Crippen LogP contribution in [0.2, 0.25) is 0 Å². The Labute approximate surface area is 119 Å². The zero-order valence-corrected chi connectivity index (χ0v) is 11.4. The molecule has 0 atom stereocenters. The summed E-state index contributed by atoms with van der Waals surface area (Å²) < 4.78 is 0. The minimum atomic E-state index is 0.183. The van der Waals surface area contributed by atoms with Crippen LogP contribution < -0.4 is 5.32 Å². The Morgan fingerprint density at radius 2 is 2.05 bits per heavy atom. The van der Waals surface area contributed by atoms with Gasteiger partial charge in [0.2, 0.25) is 5.95 Å². The van der Waals surface area contributed by atoms with Crippen molar-refractivity contribution in [1.29, 1.82) is 0 Å². The molecule has 2 heterocycles. The topological polar surface area (TPSA) is 86.7 Å². The summed E-state index contributed by atoms with van der Waals surface area (Å²) in [5.41, 5.74) is 1.62. The lowest BCUT2D eigenvalue weighted by Crippen LogP contribution is -1.96. The number of aliphatic hydroxyl groups is 1. The molecule has 0 saturated heterocycles. The molecule has 1 aromatic carbocycles. The molecule has 20 heavy (non-hydrogen) atoms. The van der Waals surface area contributed by atoms with Gasteiger partial charge in [0.05, 0.1) is 18.2 Å². The predicted molar refractivity (Wildman–Crippen MR) is 79.2 cm³/mol. The third kappa shape index (κ3) is 2.89. The first-order chi connectivity index (χ1) is 9.85. The van der Waals surface area contributed by atoms with Crippen molar-refractivity contribution in [2.24, 2.45) is 0 Å². The molecule has 3 rings (SSSR count). The second kappa shape index (κ2) is 5.89. The van der Waals surface area contributed by atoms with Crippen LogP contribution >= 0.6 is 11.8 Å². The molecular weight excluding hydrogens is 274 g/mol. The average molecular weight is 287 g/mol. The molecule has 0 amide bonds. The summed E-state index contributed by atoms with van der Waals surface area (Å²) >= 11 is 1.62. The van der Waals surface area contributed by atoms with Crippen molar-refractivity contribution in [3.63, 3.8) is 0 Å². The smallest absolute Gasteiger partial charge is 0.229 e. The highest BCUT2D eigenvalue weighted by atomic mass is 32.2. The molecule has 0 radical (unpaired) electrons. The van der Waals surface area contributed by atoms with Gasteiger partial charge in [-0.2, -0.15) is 10.1 Å². The fourth-order valence-corrected chi connectivity index (χ4v) is 2.38. The van der Waals surface area contributed by atoms with Crippen molar-refractivity contribution in [1.82, 2.24) is 20.2 Å². The summed E-state index contributed by atoms with van der Waals surface area (Å²) in [5.74, 6) is 1.23. The molecule has 0 aliphatic carbocycles. The summed E-state index contributed by atoms with van der Waals surface area (Å²) in [4.78, 5) is 9.67. The maximum atomic E-state index is 8.79. The molecular formula is C13H13N5OS. The van der Waals surface area contributed by atoms with Crippen molar-refractivity contribution < 1.29 is 5.11 Å². The van der Waals surface area contributed by atoms with Gasteiger partial charge in [0.15, 0.2) is 5.65 Å². The Morgan fingerprint density at radius 3 is 2.85 bits per heavy atom. The quantitative estimate of drug-likeness (QED) is 0.624. The van der Waals surface area contributed by atoms with Crippen molar-refractivity contribution in [2.75, 3.05) is 17.7 Å². The first-order valence-corrected chi connectivity index (χ1v) is 7.10. The fraction of sp³-hybridized carbons (Fsp3) is 0.154. The molecule has 0 aliphatic heterocycles. The van der Waals surface area contributed by atoms with Crippen LogP contribution in [-0.4, -0.2) is 37.6 Å². The number of aliphatic hydroxyl groups excluding tert-OH is 1. The summed E-state index contributed by atoms with van der Waals surface area (Å²) in [6.45, 7) is 0.183. The van der Waals surface area contributed by atoms with Gasteiger partial charge in [0, 0.05) is 22.5 Å². The monoisotopic (exact) mass is 287 g/mol. The predicted octanol–water partition coefficient (Wildman–Crippen LogP) is 2.18. The lowest BCUT2D eigenvalue weighted by Gasteiger charge is -2.05. The molecule has 6 nitrogen and oxygen atoms in total. The third-order valence-electron chi connectivity index (χ3n) is 2.66. The average Bonchev–Trinajstić information content (AvgIpc) is 2.94. The van der Waals surface area contributed by atoms with Crippen LogP contribution in [0.25, 0.3) is 11.0 Å². The van der Waals surface area contributed by atoms with E-state index in [1.807, 2.05) is 24.3 Å². The van der Waals surface area contributed by atoms with Gasteiger partial charge in [-0.1, -0.05) is 0 Å². The molecule has 3 N–H and O–H groups in total. The van der Waals surface area contributed by atoms with Gasteiger partial charge in [-0.25, -0.2) is 4.98 Å². The number of aromatic amines is 1. The summed E-state index contributed by atoms with van der Waals surface area (Å²) in [6.07, 6.45) is 3.41. The molecule has 0 saturated carbocycles. The maximum Gasteiger partial charge on any atom is 0.229 e. The molecule has 102 valence electrons. The second-order valence-corrected chi connectivity index (χ2v) is 5.26. The number of anilines is 2. The van der Waals surface area contributed by atoms with Gasteiger partial charge in [0.25, 0.3) is 0 Å². The first-order valence-electron chi connectivity index (χ1n) is 6.12. The van der Waals surface area contributed by atoms with E-state index in [0.717, 1.165) is 16.0 Å². The van der Waals surface area contributed by atoms with E-state index >= 15 is 0 Å². The fourth-order valence-electron chi connectivity index (χ4n) is 1.73. The van der Waals surface area contributed by atoms with E-state index < -0.39 is 0 Å². The van der Waals surface area contributed by atoms with Crippen LogP contribution in [0.4, 0.5) is 11.6 Å². The van der Waals surface area contributed by atoms with Crippen LogP contribution in [-0.2, 0) is 0 Å². The zero-order valence-electron chi connectivity index (χ0n) is 10.6. The normalized spacial score (nSPS) is 10.8. The van der Waals surface area contributed by atoms with E-state index in [9.17, 15) is 0 Å². The number of nitrogens with zero attached hydrogens (tertiary/aromatic N) is 3. The van der Waals surface area contributed by atoms with Crippen LogP contribution in [0, 0.1) is 0 Å². The number of nitrogens with one attached hydrogen (secondary N) is 2. The number of H-pyrrole nitrogens is 1. The molecule has 0 bridgehead atoms. The minimum Gasteiger partial charge on any atom is -0.396 e. The van der Waals surface area contributed by atoms with Crippen LogP contribution in [0.15, 0.2) is 41.6 Å². The van der Waals surface area contributed by atoms with Crippen molar-refractivity contribution >= 4 is 34.4 Å². The number of benzene rings is 1. The van der Waals surface area contributed by atoms with Crippen molar-refractivity contribution in [3.8, 4) is 0 Å². The maximum absolute atomic E-state index is 8.79. The molecule has 0 fully saturated rings. The SMILES string of the molecule is OCCSc1ccc(Nc2ncc3cn[nH]c3n2)cc1. The number of fused-ring (bicyclic) bond motifs is 1. The van der Waals surface area contributed by atoms with Crippen molar-refractivity contribution in [3.05, 3.63) is 36.7 Å². The number of thioether (sulfide) groups is 1. The van der Waals surface area contributed by atoms with Crippen LogP contribution in [0.3, 0.4) is 0 Å². The summed E-state index contributed by atoms with van der Waals surface area (Å²) in [7, 11) is 0. The van der Waals surface area contributed by atoms with Crippen LogP contribution in [0.5, 0.6) is 0 Å². The second-order valence-electron chi connectivity index (χ2n) is 4.09. The Hall–Kier alpha value is -2.12. The number of rotatable bonds is 5. The van der Waals surface area contributed by atoms with Gasteiger partial charge in [-0.15, -0.1) is 11.8 Å². The van der Waals surface area contributed by atoms with E-state index in [1.165, 1.54) is 0 Å². The number of hydrogen-bond donors (Lipinski definition) is 3. The molecule has 2 aromatic heterocycles. The van der Waals surface area contributed by atoms with Gasteiger partial charge >= 0.3 is 0 Å². The standard InChI is InChI=1S/C13H13N5OS/c19-5-6-20-11-3-1-10(2-4-11)16-13-14-7-9-8-15-18-12(9)17-13/h1-4,7-8,19H,5-6H2,(H2,14,15,16,17,18). The number of aromatic nitrogens is 4. The minimum absolute atomic E-state index is 0.183. The van der Waals surface area contributed by atoms with Gasteiger partial charge in [-0.3, -0.25) is 5.10 Å². The van der Waals surface area contributed by atoms with Crippen molar-refractivity contribution in [2.45, 2.75) is 4.90 Å². The van der Waals surface area contributed by atoms with E-state index in [0.29, 0.717) is 17.3 Å². The van der Waals surface area contributed by atoms with Gasteiger partial charge in [-0.05, 0) is 24.3 Å². The Kier molecular flexibility index (Phi) is 3.80. The molecule has 3 aromatic rings.